The molecule has 1 aromatic heterocycles. The molecule has 2 heterocycles. The second-order valence-corrected chi connectivity index (χ2v) is 6.24. The Morgan fingerprint density at radius 2 is 1.85 bits per heavy atom. The van der Waals surface area contributed by atoms with Crippen LogP contribution in [0, 0.1) is 0 Å². The van der Waals surface area contributed by atoms with E-state index < -0.39 is 0 Å². The minimum atomic E-state index is 0.660. The van der Waals surface area contributed by atoms with Crippen molar-refractivity contribution in [2.45, 2.75) is 6.92 Å². The van der Waals surface area contributed by atoms with Gasteiger partial charge in [0.05, 0.1) is 25.1 Å². The van der Waals surface area contributed by atoms with Crippen LogP contribution in [0.15, 0.2) is 59.8 Å². The van der Waals surface area contributed by atoms with Crippen molar-refractivity contribution in [3.05, 3.63) is 60.3 Å². The van der Waals surface area contributed by atoms with Gasteiger partial charge in [0.25, 0.3) is 0 Å². The quantitative estimate of drug-likeness (QED) is 0.579. The van der Waals surface area contributed by atoms with Gasteiger partial charge < -0.3 is 9.64 Å². The van der Waals surface area contributed by atoms with Crippen molar-refractivity contribution in [1.82, 2.24) is 10.2 Å². The van der Waals surface area contributed by atoms with Crippen LogP contribution in [-0.2, 0) is 4.74 Å². The molecular formula is C20H21N5O. The van der Waals surface area contributed by atoms with Crippen LogP contribution in [0.2, 0.25) is 0 Å². The summed E-state index contributed by atoms with van der Waals surface area (Å²) in [6.45, 7) is 5.44. The average molecular weight is 347 g/mol. The summed E-state index contributed by atoms with van der Waals surface area (Å²) in [4.78, 5) is 2.34. The smallest absolute Gasteiger partial charge is 0.176 e. The van der Waals surface area contributed by atoms with Gasteiger partial charge in [-0.05, 0) is 24.6 Å². The normalized spacial score (nSPS) is 15.3. The van der Waals surface area contributed by atoms with E-state index in [4.69, 9.17) is 4.74 Å². The zero-order chi connectivity index (χ0) is 17.8. The second-order valence-electron chi connectivity index (χ2n) is 6.24. The zero-order valence-electron chi connectivity index (χ0n) is 14.7. The van der Waals surface area contributed by atoms with Crippen LogP contribution in [0.3, 0.4) is 0 Å². The first kappa shape index (κ1) is 16.5. The summed E-state index contributed by atoms with van der Waals surface area (Å²) < 4.78 is 5.41. The number of ether oxygens (including phenoxy) is 1. The van der Waals surface area contributed by atoms with E-state index in [1.807, 2.05) is 31.2 Å². The van der Waals surface area contributed by atoms with Crippen LogP contribution in [0.1, 0.15) is 12.5 Å². The number of benzene rings is 2. The van der Waals surface area contributed by atoms with Crippen LogP contribution in [-0.4, -0.2) is 42.2 Å². The molecule has 0 spiro atoms. The molecule has 1 fully saturated rings. The molecule has 2 aromatic carbocycles. The molecule has 6 nitrogen and oxygen atoms in total. The van der Waals surface area contributed by atoms with E-state index in [-0.39, 0.29) is 0 Å². The second kappa shape index (κ2) is 7.49. The van der Waals surface area contributed by atoms with Gasteiger partial charge in [0.2, 0.25) is 0 Å². The number of rotatable bonds is 4. The molecule has 0 saturated carbocycles. The van der Waals surface area contributed by atoms with Crippen LogP contribution < -0.4 is 10.3 Å². The van der Waals surface area contributed by atoms with Crippen LogP contribution in [0.5, 0.6) is 0 Å². The van der Waals surface area contributed by atoms with Crippen molar-refractivity contribution < 1.29 is 4.74 Å². The summed E-state index contributed by atoms with van der Waals surface area (Å²) in [5.41, 5.74) is 6.24. The maximum absolute atomic E-state index is 5.41. The first-order valence-corrected chi connectivity index (χ1v) is 8.75. The summed E-state index contributed by atoms with van der Waals surface area (Å²) in [5.74, 6) is 0.660. The SMILES string of the molecule is C/C(=N\Nc1nncc2ccccc12)c1ccc(N2CCOCC2)cc1. The van der Waals surface area contributed by atoms with E-state index in [9.17, 15) is 0 Å². The molecule has 1 aliphatic rings. The summed E-state index contributed by atoms with van der Waals surface area (Å²) in [7, 11) is 0. The lowest BCUT2D eigenvalue weighted by atomic mass is 10.1. The van der Waals surface area contributed by atoms with Crippen molar-refractivity contribution in [3.63, 3.8) is 0 Å². The third-order valence-corrected chi connectivity index (χ3v) is 4.56. The maximum atomic E-state index is 5.41. The minimum Gasteiger partial charge on any atom is -0.378 e. The lowest BCUT2D eigenvalue weighted by Gasteiger charge is -2.28. The van der Waals surface area contributed by atoms with Gasteiger partial charge >= 0.3 is 0 Å². The average Bonchev–Trinajstić information content (AvgIpc) is 2.73. The highest BCUT2D eigenvalue weighted by molar-refractivity contribution is 6.00. The fraction of sp³-hybridized carbons (Fsp3) is 0.250. The predicted octanol–water partition coefficient (Wildman–Crippen LogP) is 3.30. The number of anilines is 2. The standard InChI is InChI=1S/C20H21N5O/c1-15(16-6-8-18(9-7-16)25-10-12-26-13-11-25)22-24-20-19-5-3-2-4-17(19)14-21-23-20/h2-9,14H,10-13H2,1H3,(H,23,24)/b22-15+. The highest BCUT2D eigenvalue weighted by Gasteiger charge is 2.11. The topological polar surface area (TPSA) is 62.6 Å². The monoisotopic (exact) mass is 347 g/mol. The van der Waals surface area contributed by atoms with Crippen LogP contribution in [0.4, 0.5) is 11.5 Å². The van der Waals surface area contributed by atoms with Gasteiger partial charge in [0.1, 0.15) is 0 Å². The Morgan fingerprint density at radius 3 is 2.65 bits per heavy atom. The number of hydrogen-bond donors (Lipinski definition) is 1. The first-order chi connectivity index (χ1) is 12.8. The molecule has 3 aromatic rings. The Morgan fingerprint density at radius 1 is 1.08 bits per heavy atom. The molecule has 0 bridgehead atoms. The number of nitrogens with one attached hydrogen (secondary N) is 1. The Bertz CT molecular complexity index is 912. The number of nitrogens with zero attached hydrogens (tertiary/aromatic N) is 4. The molecule has 1 saturated heterocycles. The Labute approximate surface area is 152 Å². The Hall–Kier alpha value is -2.99. The third kappa shape index (κ3) is 3.50. The number of hydrogen-bond acceptors (Lipinski definition) is 6. The van der Waals surface area contributed by atoms with Crippen molar-refractivity contribution in [2.24, 2.45) is 5.10 Å². The van der Waals surface area contributed by atoms with Crippen molar-refractivity contribution in [2.75, 3.05) is 36.6 Å². The molecule has 0 aliphatic carbocycles. The first-order valence-electron chi connectivity index (χ1n) is 8.75. The highest BCUT2D eigenvalue weighted by Crippen LogP contribution is 2.20. The summed E-state index contributed by atoms with van der Waals surface area (Å²) >= 11 is 0. The van der Waals surface area contributed by atoms with Gasteiger partial charge in [-0.1, -0.05) is 36.4 Å². The fourth-order valence-corrected chi connectivity index (χ4v) is 3.05. The van der Waals surface area contributed by atoms with Crippen molar-refractivity contribution >= 4 is 28.0 Å². The highest BCUT2D eigenvalue weighted by atomic mass is 16.5. The van der Waals surface area contributed by atoms with E-state index in [1.165, 1.54) is 5.69 Å². The van der Waals surface area contributed by atoms with Crippen LogP contribution >= 0.6 is 0 Å². The Kier molecular flexibility index (Phi) is 4.75. The van der Waals surface area contributed by atoms with E-state index in [0.29, 0.717) is 5.82 Å². The van der Waals surface area contributed by atoms with E-state index in [2.05, 4.69) is 49.9 Å². The Balaban J connectivity index is 1.50. The fourth-order valence-electron chi connectivity index (χ4n) is 3.05. The molecule has 0 atom stereocenters. The zero-order valence-corrected chi connectivity index (χ0v) is 14.7. The molecule has 132 valence electrons. The lowest BCUT2D eigenvalue weighted by molar-refractivity contribution is 0.122. The largest absolute Gasteiger partial charge is 0.378 e. The van der Waals surface area contributed by atoms with Gasteiger partial charge in [-0.15, -0.1) is 5.10 Å². The molecule has 0 unspecified atom stereocenters. The molecule has 1 N–H and O–H groups in total. The molecule has 6 heteroatoms. The molecule has 4 rings (SSSR count). The number of aromatic nitrogens is 2. The molecular weight excluding hydrogens is 326 g/mol. The van der Waals surface area contributed by atoms with Crippen molar-refractivity contribution in [1.29, 1.82) is 0 Å². The van der Waals surface area contributed by atoms with E-state index >= 15 is 0 Å². The number of morpholine rings is 1. The lowest BCUT2D eigenvalue weighted by Crippen LogP contribution is -2.36. The van der Waals surface area contributed by atoms with Gasteiger partial charge in [0, 0.05) is 29.5 Å². The van der Waals surface area contributed by atoms with Gasteiger partial charge in [-0.25, -0.2) is 0 Å². The molecule has 1 aliphatic heterocycles. The van der Waals surface area contributed by atoms with Gasteiger partial charge in [0.15, 0.2) is 5.82 Å². The molecule has 0 amide bonds. The summed E-state index contributed by atoms with van der Waals surface area (Å²) in [5, 5.41) is 14.7. The third-order valence-electron chi connectivity index (χ3n) is 4.56. The van der Waals surface area contributed by atoms with E-state index in [1.54, 1.807) is 6.20 Å². The van der Waals surface area contributed by atoms with Gasteiger partial charge in [-0.3, -0.25) is 5.43 Å². The van der Waals surface area contributed by atoms with Crippen LogP contribution in [0.25, 0.3) is 10.8 Å². The summed E-state index contributed by atoms with van der Waals surface area (Å²) in [6, 6.07) is 16.5. The van der Waals surface area contributed by atoms with Gasteiger partial charge in [-0.2, -0.15) is 10.2 Å². The minimum absolute atomic E-state index is 0.660. The number of hydrazone groups is 1. The summed E-state index contributed by atoms with van der Waals surface area (Å²) in [6.07, 6.45) is 1.75. The van der Waals surface area contributed by atoms with E-state index in [0.717, 1.165) is 48.4 Å². The van der Waals surface area contributed by atoms with Crippen molar-refractivity contribution in [3.8, 4) is 0 Å². The predicted molar refractivity (Wildman–Crippen MR) is 105 cm³/mol. The maximum Gasteiger partial charge on any atom is 0.176 e. The number of fused-ring (bicyclic) bond motifs is 1. The molecule has 26 heavy (non-hydrogen) atoms. The molecule has 0 radical (unpaired) electrons.